The van der Waals surface area contributed by atoms with Crippen LogP contribution in [0.15, 0.2) is 4.52 Å². The summed E-state index contributed by atoms with van der Waals surface area (Å²) < 4.78 is 5.31. The standard InChI is InChI=1S/C12H19N3O2/c16-10-6-4-5-9(10)11-13-12(14-17-11)15-7-2-1-3-8-15/h9-10,16H,1-8H2. The fraction of sp³-hybridized carbons (Fsp3) is 0.833. The van der Waals surface area contributed by atoms with E-state index in [2.05, 4.69) is 15.0 Å². The molecule has 1 aromatic rings. The van der Waals surface area contributed by atoms with Crippen molar-refractivity contribution in [1.82, 2.24) is 10.1 Å². The molecular formula is C12H19N3O2. The van der Waals surface area contributed by atoms with Crippen molar-refractivity contribution in [2.24, 2.45) is 0 Å². The minimum Gasteiger partial charge on any atom is -0.392 e. The van der Waals surface area contributed by atoms with Crippen molar-refractivity contribution < 1.29 is 9.63 Å². The quantitative estimate of drug-likeness (QED) is 0.848. The summed E-state index contributed by atoms with van der Waals surface area (Å²) >= 11 is 0. The van der Waals surface area contributed by atoms with Gasteiger partial charge in [0, 0.05) is 13.1 Å². The molecule has 17 heavy (non-hydrogen) atoms. The number of hydrogen-bond donors (Lipinski definition) is 1. The summed E-state index contributed by atoms with van der Waals surface area (Å²) in [5.41, 5.74) is 0. The highest BCUT2D eigenvalue weighted by Crippen LogP contribution is 2.34. The van der Waals surface area contributed by atoms with Crippen LogP contribution in [0.3, 0.4) is 0 Å². The first-order chi connectivity index (χ1) is 8.34. The minimum absolute atomic E-state index is 0.0565. The molecule has 2 atom stereocenters. The van der Waals surface area contributed by atoms with Crippen LogP contribution in [0.2, 0.25) is 0 Å². The van der Waals surface area contributed by atoms with Gasteiger partial charge in [-0.05, 0) is 43.7 Å². The molecule has 1 saturated heterocycles. The summed E-state index contributed by atoms with van der Waals surface area (Å²) in [7, 11) is 0. The number of aliphatic hydroxyl groups is 1. The molecule has 0 spiro atoms. The van der Waals surface area contributed by atoms with Crippen molar-refractivity contribution in [1.29, 1.82) is 0 Å². The highest BCUT2D eigenvalue weighted by molar-refractivity contribution is 5.28. The van der Waals surface area contributed by atoms with Crippen LogP contribution >= 0.6 is 0 Å². The van der Waals surface area contributed by atoms with Gasteiger partial charge in [0.05, 0.1) is 12.0 Å². The zero-order valence-corrected chi connectivity index (χ0v) is 10.0. The molecule has 5 heteroatoms. The molecule has 0 bridgehead atoms. The van der Waals surface area contributed by atoms with Crippen LogP contribution in [0.4, 0.5) is 5.95 Å². The molecule has 1 aliphatic carbocycles. The lowest BCUT2D eigenvalue weighted by Crippen LogP contribution is -2.30. The molecular weight excluding hydrogens is 218 g/mol. The van der Waals surface area contributed by atoms with E-state index in [9.17, 15) is 5.11 Å². The minimum atomic E-state index is -0.301. The van der Waals surface area contributed by atoms with Gasteiger partial charge < -0.3 is 14.5 Å². The van der Waals surface area contributed by atoms with Gasteiger partial charge in [0.2, 0.25) is 5.89 Å². The van der Waals surface area contributed by atoms with Gasteiger partial charge in [0.25, 0.3) is 5.95 Å². The summed E-state index contributed by atoms with van der Waals surface area (Å²) in [6.07, 6.45) is 6.26. The van der Waals surface area contributed by atoms with E-state index in [1.807, 2.05) is 0 Å². The maximum Gasteiger partial charge on any atom is 0.266 e. The monoisotopic (exact) mass is 237 g/mol. The van der Waals surface area contributed by atoms with Crippen molar-refractivity contribution in [2.75, 3.05) is 18.0 Å². The second-order valence-corrected chi connectivity index (χ2v) is 5.09. The fourth-order valence-electron chi connectivity index (χ4n) is 2.83. The lowest BCUT2D eigenvalue weighted by Gasteiger charge is -2.24. The van der Waals surface area contributed by atoms with Crippen molar-refractivity contribution in [3.63, 3.8) is 0 Å². The molecule has 0 aromatic carbocycles. The van der Waals surface area contributed by atoms with Crippen LogP contribution < -0.4 is 4.90 Å². The number of piperidine rings is 1. The third kappa shape index (κ3) is 2.16. The molecule has 5 nitrogen and oxygen atoms in total. The third-order valence-electron chi connectivity index (χ3n) is 3.87. The Labute approximate surface area is 101 Å². The van der Waals surface area contributed by atoms with Crippen LogP contribution in [0.25, 0.3) is 0 Å². The van der Waals surface area contributed by atoms with Gasteiger partial charge in [0.15, 0.2) is 0 Å². The molecule has 0 amide bonds. The SMILES string of the molecule is OC1CCCC1c1nc(N2CCCCC2)no1. The van der Waals surface area contributed by atoms with Crippen molar-refractivity contribution in [3.05, 3.63) is 5.89 Å². The topological polar surface area (TPSA) is 62.4 Å². The van der Waals surface area contributed by atoms with Crippen molar-refractivity contribution in [2.45, 2.75) is 50.5 Å². The summed E-state index contributed by atoms with van der Waals surface area (Å²) in [4.78, 5) is 6.63. The number of aromatic nitrogens is 2. The molecule has 2 aliphatic rings. The van der Waals surface area contributed by atoms with Gasteiger partial charge >= 0.3 is 0 Å². The lowest BCUT2D eigenvalue weighted by atomic mass is 10.1. The smallest absolute Gasteiger partial charge is 0.266 e. The molecule has 2 fully saturated rings. The normalized spacial score (nSPS) is 29.8. The van der Waals surface area contributed by atoms with E-state index < -0.39 is 0 Å². The maximum absolute atomic E-state index is 9.82. The van der Waals surface area contributed by atoms with Crippen molar-refractivity contribution >= 4 is 5.95 Å². The molecule has 1 saturated carbocycles. The highest BCUT2D eigenvalue weighted by Gasteiger charge is 2.32. The zero-order chi connectivity index (χ0) is 11.7. The van der Waals surface area contributed by atoms with E-state index in [1.54, 1.807) is 0 Å². The van der Waals surface area contributed by atoms with Crippen LogP contribution in [0.1, 0.15) is 50.3 Å². The van der Waals surface area contributed by atoms with Crippen LogP contribution in [0.5, 0.6) is 0 Å². The second kappa shape index (κ2) is 4.64. The van der Waals surface area contributed by atoms with Crippen LogP contribution in [-0.2, 0) is 0 Å². The van der Waals surface area contributed by atoms with E-state index >= 15 is 0 Å². The number of anilines is 1. The molecule has 1 N–H and O–H groups in total. The van der Waals surface area contributed by atoms with E-state index in [1.165, 1.54) is 19.3 Å². The Kier molecular flexibility index (Phi) is 3.01. The van der Waals surface area contributed by atoms with Gasteiger partial charge in [-0.2, -0.15) is 4.98 Å². The van der Waals surface area contributed by atoms with Gasteiger partial charge in [0.1, 0.15) is 0 Å². The van der Waals surface area contributed by atoms with E-state index in [4.69, 9.17) is 4.52 Å². The third-order valence-corrected chi connectivity index (χ3v) is 3.87. The lowest BCUT2D eigenvalue weighted by molar-refractivity contribution is 0.148. The number of hydrogen-bond acceptors (Lipinski definition) is 5. The van der Waals surface area contributed by atoms with E-state index in [-0.39, 0.29) is 12.0 Å². The summed E-state index contributed by atoms with van der Waals surface area (Å²) in [6.45, 7) is 2.04. The maximum atomic E-state index is 9.82. The number of aliphatic hydroxyl groups excluding tert-OH is 1. The molecule has 2 unspecified atom stereocenters. The fourth-order valence-corrected chi connectivity index (χ4v) is 2.83. The van der Waals surface area contributed by atoms with Crippen LogP contribution in [-0.4, -0.2) is 34.4 Å². The predicted molar refractivity (Wildman–Crippen MR) is 63.0 cm³/mol. The number of nitrogens with zero attached hydrogens (tertiary/aromatic N) is 3. The Morgan fingerprint density at radius 3 is 2.65 bits per heavy atom. The molecule has 0 radical (unpaired) electrons. The Morgan fingerprint density at radius 1 is 1.12 bits per heavy atom. The Bertz CT molecular complexity index is 374. The molecule has 1 aliphatic heterocycles. The highest BCUT2D eigenvalue weighted by atomic mass is 16.5. The summed E-state index contributed by atoms with van der Waals surface area (Å²) in [6, 6.07) is 0. The first-order valence-corrected chi connectivity index (χ1v) is 6.61. The molecule has 3 rings (SSSR count). The zero-order valence-electron chi connectivity index (χ0n) is 10.0. The molecule has 1 aromatic heterocycles. The molecule has 2 heterocycles. The first-order valence-electron chi connectivity index (χ1n) is 6.61. The molecule has 94 valence electrons. The van der Waals surface area contributed by atoms with Crippen molar-refractivity contribution in [3.8, 4) is 0 Å². The number of rotatable bonds is 2. The average molecular weight is 237 g/mol. The van der Waals surface area contributed by atoms with Gasteiger partial charge in [-0.25, -0.2) is 0 Å². The van der Waals surface area contributed by atoms with Gasteiger partial charge in [-0.15, -0.1) is 0 Å². The second-order valence-electron chi connectivity index (χ2n) is 5.09. The van der Waals surface area contributed by atoms with E-state index in [0.717, 1.165) is 32.4 Å². The van der Waals surface area contributed by atoms with Gasteiger partial charge in [-0.1, -0.05) is 0 Å². The summed E-state index contributed by atoms with van der Waals surface area (Å²) in [5, 5.41) is 13.9. The van der Waals surface area contributed by atoms with Gasteiger partial charge in [-0.3, -0.25) is 0 Å². The first kappa shape index (κ1) is 11.0. The Balaban J connectivity index is 1.73. The Hall–Kier alpha value is -1.10. The van der Waals surface area contributed by atoms with E-state index in [0.29, 0.717) is 11.8 Å². The average Bonchev–Trinajstić information content (AvgIpc) is 2.98. The largest absolute Gasteiger partial charge is 0.392 e. The Morgan fingerprint density at radius 2 is 1.94 bits per heavy atom. The van der Waals surface area contributed by atoms with Crippen LogP contribution in [0, 0.1) is 0 Å². The summed E-state index contributed by atoms with van der Waals surface area (Å²) in [5.74, 6) is 1.38. The predicted octanol–water partition coefficient (Wildman–Crippen LogP) is 1.69.